The number of amidine groups is 1. The zero-order chi connectivity index (χ0) is 29.3. The largest absolute Gasteiger partial charge is 0.416 e. The molecule has 0 spiro atoms. The number of aliphatic imine (C=N–C) groups is 1. The Morgan fingerprint density at radius 2 is 1.73 bits per heavy atom. The zero-order valence-corrected chi connectivity index (χ0v) is 23.1. The van der Waals surface area contributed by atoms with Crippen LogP contribution in [0.3, 0.4) is 0 Å². The van der Waals surface area contributed by atoms with Crippen molar-refractivity contribution >= 4 is 21.8 Å². The molecule has 1 aliphatic heterocycles. The van der Waals surface area contributed by atoms with Crippen molar-refractivity contribution in [2.24, 2.45) is 4.99 Å². The summed E-state index contributed by atoms with van der Waals surface area (Å²) >= 11 is 0. The van der Waals surface area contributed by atoms with Crippen molar-refractivity contribution in [2.75, 3.05) is 6.54 Å². The molecule has 1 heterocycles. The normalized spacial score (nSPS) is 20.2. The molecule has 1 amide bonds. The van der Waals surface area contributed by atoms with Gasteiger partial charge in [-0.3, -0.25) is 14.1 Å². The van der Waals surface area contributed by atoms with Crippen LogP contribution in [0.25, 0.3) is 0 Å². The molecule has 2 aromatic carbocycles. The van der Waals surface area contributed by atoms with Crippen molar-refractivity contribution in [3.63, 3.8) is 0 Å². The molecule has 0 bridgehead atoms. The van der Waals surface area contributed by atoms with E-state index in [1.807, 2.05) is 6.92 Å². The van der Waals surface area contributed by atoms with Gasteiger partial charge in [0.1, 0.15) is 11.4 Å². The van der Waals surface area contributed by atoms with Crippen molar-refractivity contribution in [1.82, 2.24) is 14.9 Å². The van der Waals surface area contributed by atoms with E-state index in [-0.39, 0.29) is 48.0 Å². The number of rotatable bonds is 10. The minimum absolute atomic E-state index is 0.127. The van der Waals surface area contributed by atoms with Gasteiger partial charge in [0.05, 0.1) is 29.4 Å². The highest BCUT2D eigenvalue weighted by Crippen LogP contribution is 2.32. The summed E-state index contributed by atoms with van der Waals surface area (Å²) in [5.74, 6) is -0.253. The van der Waals surface area contributed by atoms with E-state index in [0.717, 1.165) is 60.0 Å². The number of nitrogens with one attached hydrogen (secondary N) is 2. The molecule has 4 rings (SSSR count). The molecular formula is C28H32F4N4O3S. The number of hydrogen-bond donors (Lipinski definition) is 2. The third-order valence-corrected chi connectivity index (χ3v) is 9.23. The van der Waals surface area contributed by atoms with Crippen LogP contribution < -0.4 is 10.6 Å². The molecule has 216 valence electrons. The van der Waals surface area contributed by atoms with Crippen LogP contribution in [0.5, 0.6) is 0 Å². The summed E-state index contributed by atoms with van der Waals surface area (Å²) in [6, 6.07) is 8.44. The molecule has 7 nitrogen and oxygen atoms in total. The maximum Gasteiger partial charge on any atom is 0.416 e. The van der Waals surface area contributed by atoms with Gasteiger partial charge in [0.15, 0.2) is 0 Å². The summed E-state index contributed by atoms with van der Waals surface area (Å²) in [6.45, 7) is 7.65. The number of carbonyl (C=O) groups is 1. The van der Waals surface area contributed by atoms with Gasteiger partial charge in [-0.15, -0.1) is 0 Å². The van der Waals surface area contributed by atoms with Crippen LogP contribution in [0.15, 0.2) is 70.7 Å². The highest BCUT2D eigenvalue weighted by molar-refractivity contribution is 7.89. The molecule has 2 aliphatic rings. The molecule has 1 fully saturated rings. The molecule has 40 heavy (non-hydrogen) atoms. The minimum Gasteiger partial charge on any atom is -0.358 e. The number of amides is 1. The minimum atomic E-state index is -4.53. The zero-order valence-electron chi connectivity index (χ0n) is 22.3. The lowest BCUT2D eigenvalue weighted by Gasteiger charge is -2.41. The maximum absolute atomic E-state index is 13.5. The number of hydrogen-bond acceptors (Lipinski definition) is 5. The van der Waals surface area contributed by atoms with Crippen molar-refractivity contribution < 1.29 is 30.8 Å². The number of sulfonamides is 1. The first-order valence-corrected chi connectivity index (χ1v) is 14.3. The molecule has 1 atom stereocenters. The Morgan fingerprint density at radius 1 is 1.10 bits per heavy atom. The third-order valence-electron chi connectivity index (χ3n) is 7.39. The van der Waals surface area contributed by atoms with E-state index in [1.165, 1.54) is 12.1 Å². The molecule has 2 aromatic rings. The number of halogens is 4. The molecular weight excluding hydrogens is 548 g/mol. The third kappa shape index (κ3) is 6.48. The number of nitrogens with zero attached hydrogens (tertiary/aromatic N) is 2. The Hall–Kier alpha value is -3.41. The van der Waals surface area contributed by atoms with E-state index in [2.05, 4.69) is 22.2 Å². The van der Waals surface area contributed by atoms with Gasteiger partial charge in [-0.25, -0.2) is 12.8 Å². The maximum atomic E-state index is 13.5. The predicted molar refractivity (Wildman–Crippen MR) is 143 cm³/mol. The standard InChI is InChI=1S/C28H32F4N4O3S/c1-19(5-14-24-33-18-27(3,34-24)25(37)35-26(2)15-4-16-26)36(40(38,39)23-12-10-22(29)11-13-23)17-20-6-8-21(9-7-20)28(30,31)32/h6-13H,1,4-5,14-18H2,2-3H3,(H,33,34)(H,35,37)/t27-/m1/s1. The highest BCUT2D eigenvalue weighted by Gasteiger charge is 2.42. The molecule has 0 aromatic heterocycles. The number of alkyl halides is 3. The smallest absolute Gasteiger partial charge is 0.358 e. The van der Waals surface area contributed by atoms with Crippen LogP contribution in [0.1, 0.15) is 57.1 Å². The lowest BCUT2D eigenvalue weighted by atomic mass is 9.78. The van der Waals surface area contributed by atoms with Gasteiger partial charge in [0.25, 0.3) is 10.0 Å². The summed E-state index contributed by atoms with van der Waals surface area (Å²) in [5.41, 5.74) is -1.53. The molecule has 1 aliphatic carbocycles. The number of benzene rings is 2. The second kappa shape index (κ2) is 10.9. The van der Waals surface area contributed by atoms with Gasteiger partial charge < -0.3 is 10.6 Å². The van der Waals surface area contributed by atoms with Crippen molar-refractivity contribution in [3.8, 4) is 0 Å². The van der Waals surface area contributed by atoms with E-state index in [0.29, 0.717) is 11.4 Å². The second-order valence-corrected chi connectivity index (χ2v) is 12.7. The predicted octanol–water partition coefficient (Wildman–Crippen LogP) is 5.15. The Labute approximate surface area is 231 Å². The van der Waals surface area contributed by atoms with Gasteiger partial charge in [-0.2, -0.15) is 13.2 Å². The Morgan fingerprint density at radius 3 is 2.27 bits per heavy atom. The SMILES string of the molecule is C=C(CCC1=NC[C@](C)(C(=O)NC2(C)CCC2)N1)N(Cc1ccc(C(F)(F)F)cc1)S(=O)(=O)c1ccc(F)cc1. The molecule has 0 saturated heterocycles. The summed E-state index contributed by atoms with van der Waals surface area (Å²) in [6.07, 6.45) is -1.25. The van der Waals surface area contributed by atoms with E-state index in [9.17, 15) is 30.8 Å². The van der Waals surface area contributed by atoms with Gasteiger partial charge in [0.2, 0.25) is 5.91 Å². The summed E-state index contributed by atoms with van der Waals surface area (Å²) < 4.78 is 80.6. The summed E-state index contributed by atoms with van der Waals surface area (Å²) in [7, 11) is -4.23. The van der Waals surface area contributed by atoms with E-state index >= 15 is 0 Å². The summed E-state index contributed by atoms with van der Waals surface area (Å²) in [5, 5.41) is 6.24. The Balaban J connectivity index is 1.48. The monoisotopic (exact) mass is 580 g/mol. The molecule has 1 saturated carbocycles. The van der Waals surface area contributed by atoms with Crippen LogP contribution in [-0.2, 0) is 27.5 Å². The first-order chi connectivity index (χ1) is 18.6. The summed E-state index contributed by atoms with van der Waals surface area (Å²) in [4.78, 5) is 17.2. The molecule has 0 unspecified atom stereocenters. The number of carbonyl (C=O) groups excluding carboxylic acids is 1. The molecule has 0 radical (unpaired) electrons. The lowest BCUT2D eigenvalue weighted by molar-refractivity contribution is -0.137. The van der Waals surface area contributed by atoms with Crippen molar-refractivity contribution in [2.45, 2.75) is 74.6 Å². The van der Waals surface area contributed by atoms with Crippen LogP contribution in [0.4, 0.5) is 17.6 Å². The quantitative estimate of drug-likeness (QED) is 0.381. The number of allylic oxidation sites excluding steroid dienone is 1. The van der Waals surface area contributed by atoms with E-state index < -0.39 is 33.1 Å². The lowest BCUT2D eigenvalue weighted by Crippen LogP contribution is -2.62. The van der Waals surface area contributed by atoms with E-state index in [1.54, 1.807) is 6.92 Å². The Kier molecular flexibility index (Phi) is 8.04. The van der Waals surface area contributed by atoms with Crippen molar-refractivity contribution in [1.29, 1.82) is 0 Å². The first-order valence-electron chi connectivity index (χ1n) is 12.9. The van der Waals surface area contributed by atoms with Gasteiger partial charge in [-0.05, 0) is 81.5 Å². The van der Waals surface area contributed by atoms with Crippen molar-refractivity contribution in [3.05, 3.63) is 77.8 Å². The van der Waals surface area contributed by atoms with Gasteiger partial charge in [0, 0.05) is 17.7 Å². The van der Waals surface area contributed by atoms with Gasteiger partial charge in [-0.1, -0.05) is 18.7 Å². The Bertz CT molecular complexity index is 1400. The fraction of sp³-hybridized carbons (Fsp3) is 0.429. The van der Waals surface area contributed by atoms with Crippen LogP contribution >= 0.6 is 0 Å². The second-order valence-electron chi connectivity index (χ2n) is 10.8. The van der Waals surface area contributed by atoms with Crippen LogP contribution in [0.2, 0.25) is 0 Å². The van der Waals surface area contributed by atoms with Gasteiger partial charge >= 0.3 is 6.18 Å². The van der Waals surface area contributed by atoms with Crippen LogP contribution in [0, 0.1) is 5.82 Å². The van der Waals surface area contributed by atoms with E-state index in [4.69, 9.17) is 0 Å². The van der Waals surface area contributed by atoms with Crippen LogP contribution in [-0.4, -0.2) is 42.1 Å². The fourth-order valence-electron chi connectivity index (χ4n) is 4.62. The average molecular weight is 581 g/mol. The topological polar surface area (TPSA) is 90.9 Å². The average Bonchev–Trinajstić information content (AvgIpc) is 3.27. The first kappa shape index (κ1) is 29.6. The molecule has 12 heteroatoms. The highest BCUT2D eigenvalue weighted by atomic mass is 32.2. The molecule has 2 N–H and O–H groups in total. The fourth-order valence-corrected chi connectivity index (χ4v) is 6.10.